The van der Waals surface area contributed by atoms with E-state index in [1.54, 1.807) is 0 Å². The van der Waals surface area contributed by atoms with Crippen LogP contribution in [0.4, 0.5) is 0 Å². The van der Waals surface area contributed by atoms with Crippen molar-refractivity contribution in [1.82, 2.24) is 4.90 Å². The molecular weight excluding hydrogens is 205 g/mol. The lowest BCUT2D eigenvalue weighted by Gasteiger charge is -2.20. The van der Waals surface area contributed by atoms with Gasteiger partial charge in [-0.15, -0.1) is 0 Å². The number of rotatable bonds is 9. The summed E-state index contributed by atoms with van der Waals surface area (Å²) in [6, 6.07) is 0. The molecule has 0 amide bonds. The van der Waals surface area contributed by atoms with E-state index >= 15 is 0 Å². The quantitative estimate of drug-likeness (QED) is 0.568. The second kappa shape index (κ2) is 8.35. The maximum Gasteiger partial charge on any atom is 0.0890 e. The average molecular weight is 233 g/mol. The van der Waals surface area contributed by atoms with Gasteiger partial charge in [0.25, 0.3) is 0 Å². The molecule has 2 nitrogen and oxygen atoms in total. The van der Waals surface area contributed by atoms with Crippen molar-refractivity contribution in [2.45, 2.75) is 39.5 Å². The first-order valence-electron chi connectivity index (χ1n) is 6.26. The second-order valence-corrected chi connectivity index (χ2v) is 8.20. The molecular formula is C12H28NOP. The molecule has 0 saturated carbocycles. The van der Waals surface area contributed by atoms with Gasteiger partial charge in [0.1, 0.15) is 0 Å². The summed E-state index contributed by atoms with van der Waals surface area (Å²) in [5, 5.41) is 0. The number of hydrogen-bond acceptors (Lipinski definition) is 2. The summed E-state index contributed by atoms with van der Waals surface area (Å²) in [5.41, 5.74) is 0. The SMILES string of the molecule is CCCCP(=O)(CCCC)CCN(C)C. The first-order valence-corrected chi connectivity index (χ1v) is 8.52. The zero-order valence-electron chi connectivity index (χ0n) is 11.0. The van der Waals surface area contributed by atoms with Gasteiger partial charge in [0.15, 0.2) is 0 Å². The summed E-state index contributed by atoms with van der Waals surface area (Å²) >= 11 is 0. The summed E-state index contributed by atoms with van der Waals surface area (Å²) in [5.74, 6) is 0. The predicted molar refractivity (Wildman–Crippen MR) is 70.6 cm³/mol. The zero-order chi connectivity index (χ0) is 11.7. The molecule has 0 aliphatic carbocycles. The van der Waals surface area contributed by atoms with Gasteiger partial charge < -0.3 is 9.46 Å². The van der Waals surface area contributed by atoms with E-state index in [1.807, 2.05) is 0 Å². The monoisotopic (exact) mass is 233 g/mol. The Morgan fingerprint density at radius 2 is 1.40 bits per heavy atom. The Morgan fingerprint density at radius 1 is 0.933 bits per heavy atom. The Hall–Kier alpha value is 0.190. The third-order valence-corrected chi connectivity index (χ3v) is 6.07. The summed E-state index contributed by atoms with van der Waals surface area (Å²) in [4.78, 5) is 2.14. The third-order valence-electron chi connectivity index (χ3n) is 2.79. The van der Waals surface area contributed by atoms with Crippen LogP contribution in [0.3, 0.4) is 0 Å². The predicted octanol–water partition coefficient (Wildman–Crippen LogP) is 3.51. The molecule has 0 atom stereocenters. The highest BCUT2D eigenvalue weighted by Gasteiger charge is 2.20. The van der Waals surface area contributed by atoms with E-state index in [9.17, 15) is 4.57 Å². The normalized spacial score (nSPS) is 12.3. The largest absolute Gasteiger partial charge is 0.324 e. The summed E-state index contributed by atoms with van der Waals surface area (Å²) in [6.45, 7) is 5.33. The molecule has 0 bridgehead atoms. The smallest absolute Gasteiger partial charge is 0.0890 e. The van der Waals surface area contributed by atoms with E-state index in [-0.39, 0.29) is 0 Å². The van der Waals surface area contributed by atoms with Crippen molar-refractivity contribution in [3.05, 3.63) is 0 Å². The first-order chi connectivity index (χ1) is 7.04. The van der Waals surface area contributed by atoms with E-state index in [0.29, 0.717) is 0 Å². The maximum atomic E-state index is 12.6. The summed E-state index contributed by atoms with van der Waals surface area (Å²) in [6.07, 6.45) is 7.45. The Morgan fingerprint density at radius 3 is 1.73 bits per heavy atom. The van der Waals surface area contributed by atoms with Gasteiger partial charge in [-0.3, -0.25) is 0 Å². The van der Waals surface area contributed by atoms with Crippen LogP contribution in [0, 0.1) is 0 Å². The molecule has 0 aromatic carbocycles. The molecule has 0 aliphatic rings. The average Bonchev–Trinajstić information content (AvgIpc) is 2.21. The lowest BCUT2D eigenvalue weighted by atomic mass is 10.4. The number of unbranched alkanes of at least 4 members (excludes halogenated alkanes) is 2. The molecule has 0 heterocycles. The minimum Gasteiger partial charge on any atom is -0.324 e. The lowest BCUT2D eigenvalue weighted by Crippen LogP contribution is -2.18. The number of hydrogen-bond donors (Lipinski definition) is 0. The molecule has 15 heavy (non-hydrogen) atoms. The van der Waals surface area contributed by atoms with Crippen LogP contribution in [0.2, 0.25) is 0 Å². The van der Waals surface area contributed by atoms with Crippen molar-refractivity contribution in [1.29, 1.82) is 0 Å². The van der Waals surface area contributed by atoms with Crippen LogP contribution >= 0.6 is 7.14 Å². The molecule has 0 N–H and O–H groups in total. The van der Waals surface area contributed by atoms with Crippen LogP contribution in [0.5, 0.6) is 0 Å². The van der Waals surface area contributed by atoms with E-state index in [4.69, 9.17) is 0 Å². The molecule has 92 valence electrons. The Balaban J connectivity index is 4.08. The minimum atomic E-state index is -1.85. The van der Waals surface area contributed by atoms with Crippen molar-refractivity contribution in [3.8, 4) is 0 Å². The van der Waals surface area contributed by atoms with Crippen molar-refractivity contribution < 1.29 is 4.57 Å². The lowest BCUT2D eigenvalue weighted by molar-refractivity contribution is 0.431. The van der Waals surface area contributed by atoms with Crippen molar-refractivity contribution in [2.24, 2.45) is 0 Å². The molecule has 0 saturated heterocycles. The van der Waals surface area contributed by atoms with Crippen molar-refractivity contribution in [2.75, 3.05) is 39.1 Å². The van der Waals surface area contributed by atoms with E-state index in [2.05, 4.69) is 32.8 Å². The van der Waals surface area contributed by atoms with Gasteiger partial charge in [-0.05, 0) is 26.9 Å². The fraction of sp³-hybridized carbons (Fsp3) is 1.00. The van der Waals surface area contributed by atoms with Crippen LogP contribution in [0.15, 0.2) is 0 Å². The highest BCUT2D eigenvalue weighted by molar-refractivity contribution is 7.63. The van der Waals surface area contributed by atoms with Gasteiger partial charge in [0.05, 0.1) is 7.14 Å². The molecule has 0 spiro atoms. The zero-order valence-corrected chi connectivity index (χ0v) is 11.9. The van der Waals surface area contributed by atoms with E-state index in [0.717, 1.165) is 50.7 Å². The molecule has 0 aliphatic heterocycles. The van der Waals surface area contributed by atoms with Crippen LogP contribution in [-0.4, -0.2) is 44.0 Å². The number of nitrogens with zero attached hydrogens (tertiary/aromatic N) is 1. The molecule has 0 fully saturated rings. The van der Waals surface area contributed by atoms with Gasteiger partial charge in [-0.25, -0.2) is 0 Å². The van der Waals surface area contributed by atoms with Crippen LogP contribution in [0.1, 0.15) is 39.5 Å². The molecule has 0 radical (unpaired) electrons. The Labute approximate surface area is 95.8 Å². The topological polar surface area (TPSA) is 20.3 Å². The van der Waals surface area contributed by atoms with Crippen LogP contribution < -0.4 is 0 Å². The van der Waals surface area contributed by atoms with Gasteiger partial charge in [-0.2, -0.15) is 0 Å². The fourth-order valence-corrected chi connectivity index (χ4v) is 4.83. The standard InChI is InChI=1S/C12H28NOP/c1-5-7-10-15(14,11-8-6-2)12-9-13(3)4/h5-12H2,1-4H3. The molecule has 0 aromatic rings. The fourth-order valence-electron chi connectivity index (χ4n) is 1.61. The molecule has 0 rings (SSSR count). The minimum absolute atomic E-state index is 0.917. The Bertz CT molecular complexity index is 180. The summed E-state index contributed by atoms with van der Waals surface area (Å²) < 4.78 is 12.6. The van der Waals surface area contributed by atoms with Gasteiger partial charge in [0.2, 0.25) is 0 Å². The van der Waals surface area contributed by atoms with Gasteiger partial charge in [-0.1, -0.05) is 26.7 Å². The third kappa shape index (κ3) is 8.04. The van der Waals surface area contributed by atoms with Crippen molar-refractivity contribution >= 4 is 7.14 Å². The first kappa shape index (κ1) is 15.2. The van der Waals surface area contributed by atoms with Crippen molar-refractivity contribution in [3.63, 3.8) is 0 Å². The molecule has 3 heteroatoms. The second-order valence-electron chi connectivity index (χ2n) is 4.74. The Kier molecular flexibility index (Phi) is 8.46. The van der Waals surface area contributed by atoms with Crippen LogP contribution in [0.25, 0.3) is 0 Å². The molecule has 0 aromatic heterocycles. The van der Waals surface area contributed by atoms with Crippen LogP contribution in [-0.2, 0) is 4.57 Å². The maximum absolute atomic E-state index is 12.6. The highest BCUT2D eigenvalue weighted by Crippen LogP contribution is 2.46. The summed E-state index contributed by atoms with van der Waals surface area (Å²) in [7, 11) is 2.27. The highest BCUT2D eigenvalue weighted by atomic mass is 31.2. The van der Waals surface area contributed by atoms with E-state index < -0.39 is 7.14 Å². The van der Waals surface area contributed by atoms with Gasteiger partial charge in [0, 0.05) is 25.0 Å². The van der Waals surface area contributed by atoms with Gasteiger partial charge >= 0.3 is 0 Å². The molecule has 0 unspecified atom stereocenters. The van der Waals surface area contributed by atoms with E-state index in [1.165, 1.54) is 0 Å².